The molecule has 0 amide bonds. The maximum Gasteiger partial charge on any atom is 0.0413 e. The molecule has 1 N–H and O–H groups in total. The minimum atomic E-state index is 0.0728. The van der Waals surface area contributed by atoms with Crippen molar-refractivity contribution in [1.82, 2.24) is 5.32 Å². The Morgan fingerprint density at radius 3 is 1.82 bits per heavy atom. The highest BCUT2D eigenvalue weighted by Gasteiger charge is 2.42. The van der Waals surface area contributed by atoms with E-state index < -0.39 is 0 Å². The number of allylic oxidation sites excluding steroid dienone is 6. The van der Waals surface area contributed by atoms with Crippen LogP contribution in [0.2, 0.25) is 0 Å². The van der Waals surface area contributed by atoms with Crippen molar-refractivity contribution < 1.29 is 0 Å². The van der Waals surface area contributed by atoms with Crippen molar-refractivity contribution in [2.45, 2.75) is 171 Å². The Kier molecular flexibility index (Phi) is 15.9. The SMILES string of the molecule is CCCCCCC1(CCCCCC)c2cc(/C=C/C=C(\NC)c3ccc(/C(=C/C=C(\C)C(C)(C)C)C(C)CC)c(C)c3C)ccc2-c2ccc(C(C)(C)C)cc21. The van der Waals surface area contributed by atoms with Crippen molar-refractivity contribution in [3.05, 3.63) is 123 Å². The molecule has 3 aromatic carbocycles. The Morgan fingerprint density at radius 1 is 0.696 bits per heavy atom. The summed E-state index contributed by atoms with van der Waals surface area (Å²) in [4.78, 5) is 0. The quantitative estimate of drug-likeness (QED) is 0.101. The van der Waals surface area contributed by atoms with E-state index in [2.05, 4.69) is 181 Å². The molecule has 0 spiro atoms. The molecule has 1 unspecified atom stereocenters. The highest BCUT2D eigenvalue weighted by molar-refractivity contribution is 5.83. The standard InChI is InChI=1S/C55H79N/c1-15-18-20-22-35-55(36-23-21-19-16-2)50-37-43(28-31-48(50)49-32-29-44(38-51(49)55)54(11,12)13)25-24-26-52(56-14)47-34-33-46(41(6)42(47)7)45(39(4)17-3)30-27-40(5)53(8,9)10/h24-34,37-39,56H,15-23,35-36H2,1-14H3/b25-24+,40-27+,45-30+,52-26-. The molecule has 56 heavy (non-hydrogen) atoms. The molecular formula is C55H79N. The monoisotopic (exact) mass is 754 g/mol. The number of unbranched alkanes of at least 4 members (excludes halogenated alkanes) is 6. The minimum Gasteiger partial charge on any atom is -0.388 e. The summed E-state index contributed by atoms with van der Waals surface area (Å²) in [5.41, 5.74) is 18.5. The maximum absolute atomic E-state index is 3.55. The maximum atomic E-state index is 3.55. The van der Waals surface area contributed by atoms with Crippen LogP contribution in [0.15, 0.2) is 78.4 Å². The van der Waals surface area contributed by atoms with Crippen molar-refractivity contribution in [3.8, 4) is 11.1 Å². The van der Waals surface area contributed by atoms with Gasteiger partial charge < -0.3 is 5.32 Å². The summed E-state index contributed by atoms with van der Waals surface area (Å²) in [6, 6.07) is 19.5. The van der Waals surface area contributed by atoms with Gasteiger partial charge in [0.05, 0.1) is 0 Å². The zero-order chi connectivity index (χ0) is 41.3. The number of benzene rings is 3. The van der Waals surface area contributed by atoms with E-state index >= 15 is 0 Å². The van der Waals surface area contributed by atoms with Crippen molar-refractivity contribution in [2.75, 3.05) is 7.05 Å². The van der Waals surface area contributed by atoms with Gasteiger partial charge in [0.15, 0.2) is 0 Å². The molecular weight excluding hydrogens is 675 g/mol. The van der Waals surface area contributed by atoms with Gasteiger partial charge in [0.2, 0.25) is 0 Å². The van der Waals surface area contributed by atoms with E-state index in [0.717, 1.165) is 12.1 Å². The van der Waals surface area contributed by atoms with E-state index in [9.17, 15) is 0 Å². The van der Waals surface area contributed by atoms with Crippen LogP contribution in [0.1, 0.15) is 191 Å². The molecule has 0 aliphatic heterocycles. The Labute approximate surface area is 345 Å². The fourth-order valence-electron chi connectivity index (χ4n) is 8.65. The summed E-state index contributed by atoms with van der Waals surface area (Å²) >= 11 is 0. The summed E-state index contributed by atoms with van der Waals surface area (Å²) in [6.45, 7) is 30.1. The third-order valence-corrected chi connectivity index (χ3v) is 13.2. The van der Waals surface area contributed by atoms with Crippen LogP contribution in [0.3, 0.4) is 0 Å². The first-order valence-corrected chi connectivity index (χ1v) is 22.4. The van der Waals surface area contributed by atoms with E-state index in [-0.39, 0.29) is 16.2 Å². The first-order chi connectivity index (χ1) is 26.5. The number of nitrogens with one attached hydrogen (secondary N) is 1. The summed E-state index contributed by atoms with van der Waals surface area (Å²) in [6.07, 6.45) is 25.6. The van der Waals surface area contributed by atoms with Gasteiger partial charge >= 0.3 is 0 Å². The number of hydrogen-bond acceptors (Lipinski definition) is 1. The second-order valence-corrected chi connectivity index (χ2v) is 19.1. The van der Waals surface area contributed by atoms with Gasteiger partial charge in [-0.05, 0) is 119 Å². The van der Waals surface area contributed by atoms with E-state index in [1.54, 1.807) is 11.1 Å². The molecule has 1 heteroatoms. The lowest BCUT2D eigenvalue weighted by molar-refractivity contribution is 0.400. The van der Waals surface area contributed by atoms with Gasteiger partial charge in [0.25, 0.3) is 0 Å². The summed E-state index contributed by atoms with van der Waals surface area (Å²) in [5, 5.41) is 3.55. The molecule has 0 aromatic heterocycles. The molecule has 0 saturated heterocycles. The lowest BCUT2D eigenvalue weighted by Crippen LogP contribution is -2.26. The molecule has 0 fully saturated rings. The molecule has 4 rings (SSSR count). The van der Waals surface area contributed by atoms with Crippen molar-refractivity contribution in [1.29, 1.82) is 0 Å². The van der Waals surface area contributed by atoms with Gasteiger partial charge in [-0.25, -0.2) is 0 Å². The van der Waals surface area contributed by atoms with Crippen LogP contribution in [0, 0.1) is 25.2 Å². The average Bonchev–Trinajstić information content (AvgIpc) is 3.42. The van der Waals surface area contributed by atoms with Gasteiger partial charge in [-0.3, -0.25) is 0 Å². The number of hydrogen-bond donors (Lipinski definition) is 1. The van der Waals surface area contributed by atoms with Crippen LogP contribution in [0.25, 0.3) is 28.5 Å². The highest BCUT2D eigenvalue weighted by Crippen LogP contribution is 2.55. The van der Waals surface area contributed by atoms with Crippen LogP contribution in [0.5, 0.6) is 0 Å². The smallest absolute Gasteiger partial charge is 0.0413 e. The van der Waals surface area contributed by atoms with Gasteiger partial charge in [0, 0.05) is 23.7 Å². The topological polar surface area (TPSA) is 12.0 Å². The fraction of sp³-hybridized carbons (Fsp3) is 0.527. The molecule has 304 valence electrons. The molecule has 1 aliphatic carbocycles. The minimum absolute atomic E-state index is 0.0728. The lowest BCUT2D eigenvalue weighted by atomic mass is 9.69. The zero-order valence-electron chi connectivity index (χ0n) is 38.4. The van der Waals surface area contributed by atoms with E-state index in [0.29, 0.717) is 5.92 Å². The Morgan fingerprint density at radius 2 is 1.27 bits per heavy atom. The number of rotatable bonds is 18. The van der Waals surface area contributed by atoms with Gasteiger partial charge in [-0.2, -0.15) is 0 Å². The van der Waals surface area contributed by atoms with Crippen molar-refractivity contribution in [2.24, 2.45) is 11.3 Å². The van der Waals surface area contributed by atoms with Crippen LogP contribution >= 0.6 is 0 Å². The molecule has 1 aliphatic rings. The van der Waals surface area contributed by atoms with E-state index in [4.69, 9.17) is 0 Å². The summed E-state index contributed by atoms with van der Waals surface area (Å²) < 4.78 is 0. The predicted molar refractivity (Wildman–Crippen MR) is 252 cm³/mol. The molecule has 0 radical (unpaired) electrons. The zero-order valence-corrected chi connectivity index (χ0v) is 38.4. The molecule has 0 saturated carbocycles. The van der Waals surface area contributed by atoms with Crippen molar-refractivity contribution >= 4 is 17.3 Å². The van der Waals surface area contributed by atoms with E-state index in [1.807, 2.05) is 0 Å². The van der Waals surface area contributed by atoms with Crippen LogP contribution < -0.4 is 5.32 Å². The second kappa shape index (κ2) is 19.7. The molecule has 1 atom stereocenters. The second-order valence-electron chi connectivity index (χ2n) is 19.1. The Balaban J connectivity index is 1.75. The average molecular weight is 754 g/mol. The van der Waals surface area contributed by atoms with Crippen LogP contribution in [-0.2, 0) is 10.8 Å². The third kappa shape index (κ3) is 10.5. The van der Waals surface area contributed by atoms with Gasteiger partial charge in [0.1, 0.15) is 0 Å². The predicted octanol–water partition coefficient (Wildman–Crippen LogP) is 16.5. The normalized spacial score (nSPS) is 15.4. The molecule has 1 nitrogen and oxygen atoms in total. The van der Waals surface area contributed by atoms with Crippen molar-refractivity contribution in [3.63, 3.8) is 0 Å². The Bertz CT molecular complexity index is 1880. The van der Waals surface area contributed by atoms with Crippen LogP contribution in [-0.4, -0.2) is 7.05 Å². The van der Waals surface area contributed by atoms with Gasteiger partial charge in [-0.1, -0.05) is 199 Å². The lowest BCUT2D eigenvalue weighted by Gasteiger charge is -2.34. The molecule has 0 bridgehead atoms. The summed E-state index contributed by atoms with van der Waals surface area (Å²) in [5.74, 6) is 0.484. The summed E-state index contributed by atoms with van der Waals surface area (Å²) in [7, 11) is 2.05. The van der Waals surface area contributed by atoms with E-state index in [1.165, 1.54) is 120 Å². The third-order valence-electron chi connectivity index (χ3n) is 13.2. The van der Waals surface area contributed by atoms with Gasteiger partial charge in [-0.15, -0.1) is 0 Å². The molecule has 0 heterocycles. The fourth-order valence-corrected chi connectivity index (χ4v) is 8.65. The van der Waals surface area contributed by atoms with Crippen LogP contribution in [0.4, 0.5) is 0 Å². The first-order valence-electron chi connectivity index (χ1n) is 22.4. The highest BCUT2D eigenvalue weighted by atomic mass is 14.8. The Hall–Kier alpha value is -3.58. The first kappa shape index (κ1) is 45.1. The number of fused-ring (bicyclic) bond motifs is 3. The molecule has 3 aromatic rings. The largest absolute Gasteiger partial charge is 0.388 e.